The number of halogens is 1. The van der Waals surface area contributed by atoms with Gasteiger partial charge in [-0.05, 0) is 38.8 Å². The van der Waals surface area contributed by atoms with Gasteiger partial charge < -0.3 is 29.4 Å². The van der Waals surface area contributed by atoms with Crippen LogP contribution in [0.25, 0.3) is 0 Å². The summed E-state index contributed by atoms with van der Waals surface area (Å²) in [5.74, 6) is 1.72. The fourth-order valence-corrected chi connectivity index (χ4v) is 2.89. The third kappa shape index (κ3) is 9.13. The van der Waals surface area contributed by atoms with Crippen LogP contribution in [0.1, 0.15) is 32.4 Å². The zero-order valence-electron chi connectivity index (χ0n) is 16.8. The largest absolute Gasteiger partial charge is 0.469 e. The van der Waals surface area contributed by atoms with Gasteiger partial charge in [0.1, 0.15) is 5.76 Å². The number of nitrogens with zero attached hydrogens (tertiary/aromatic N) is 2. The predicted molar refractivity (Wildman–Crippen MR) is 119 cm³/mol. The van der Waals surface area contributed by atoms with Gasteiger partial charge in [-0.1, -0.05) is 0 Å². The summed E-state index contributed by atoms with van der Waals surface area (Å²) in [6, 6.07) is 4.13. The molecule has 0 bridgehead atoms. The van der Waals surface area contributed by atoms with Crippen molar-refractivity contribution in [2.75, 3.05) is 46.0 Å². The highest BCUT2D eigenvalue weighted by Crippen LogP contribution is 2.11. The molecule has 0 saturated carbocycles. The van der Waals surface area contributed by atoms with Gasteiger partial charge in [0, 0.05) is 38.7 Å². The van der Waals surface area contributed by atoms with E-state index in [1.165, 1.54) is 0 Å². The van der Waals surface area contributed by atoms with Gasteiger partial charge in [-0.2, -0.15) is 0 Å². The van der Waals surface area contributed by atoms with Crippen molar-refractivity contribution in [3.63, 3.8) is 0 Å². The van der Waals surface area contributed by atoms with Gasteiger partial charge in [0.2, 0.25) is 0 Å². The second kappa shape index (κ2) is 14.5. The Balaban J connectivity index is 0.00000392. The van der Waals surface area contributed by atoms with Crippen LogP contribution >= 0.6 is 24.0 Å². The zero-order chi connectivity index (χ0) is 19.3. The molecule has 1 saturated heterocycles. The third-order valence-corrected chi connectivity index (χ3v) is 4.32. The highest BCUT2D eigenvalue weighted by atomic mass is 127. The van der Waals surface area contributed by atoms with Crippen molar-refractivity contribution >= 4 is 36.0 Å². The molecule has 2 N–H and O–H groups in total. The molecule has 2 rings (SSSR count). The number of hydrogen-bond acceptors (Lipinski definition) is 5. The summed E-state index contributed by atoms with van der Waals surface area (Å²) in [6.07, 6.45) is 3.98. The van der Waals surface area contributed by atoms with Crippen LogP contribution in [0.5, 0.6) is 0 Å². The summed E-state index contributed by atoms with van der Waals surface area (Å²) >= 11 is 0. The molecule has 1 fully saturated rings. The number of hydrogen-bond donors (Lipinski definition) is 2. The molecule has 1 aromatic rings. The highest BCUT2D eigenvalue weighted by Gasteiger charge is 2.24. The second-order valence-corrected chi connectivity index (χ2v) is 6.29. The molecule has 1 aliphatic heterocycles. The molecule has 28 heavy (non-hydrogen) atoms. The molecule has 0 unspecified atom stereocenters. The molecule has 1 aliphatic rings. The Hall–Kier alpha value is -1.49. The van der Waals surface area contributed by atoms with Gasteiger partial charge in [-0.15, -0.1) is 24.0 Å². The van der Waals surface area contributed by atoms with Crippen LogP contribution in [-0.4, -0.2) is 69.0 Å². The minimum Gasteiger partial charge on any atom is -0.469 e. The Morgan fingerprint density at radius 2 is 2.11 bits per heavy atom. The van der Waals surface area contributed by atoms with Gasteiger partial charge in [0.05, 0.1) is 26.0 Å². The van der Waals surface area contributed by atoms with E-state index < -0.39 is 0 Å². The number of piperidine rings is 1. The lowest BCUT2D eigenvalue weighted by molar-refractivity contribution is 0.0963. The number of carbonyl (C=O) groups excluding carboxylic acids is 1. The molecular weight excluding hydrogens is 475 g/mol. The molecule has 0 radical (unpaired) electrons. The molecule has 160 valence electrons. The van der Waals surface area contributed by atoms with Crippen molar-refractivity contribution in [1.82, 2.24) is 15.5 Å². The second-order valence-electron chi connectivity index (χ2n) is 6.29. The molecule has 9 heteroatoms. The van der Waals surface area contributed by atoms with Crippen molar-refractivity contribution < 1.29 is 18.7 Å². The Bertz CT molecular complexity index is 560. The van der Waals surface area contributed by atoms with E-state index in [9.17, 15) is 4.79 Å². The molecule has 8 nitrogen and oxygen atoms in total. The normalized spacial score (nSPS) is 15.1. The first-order chi connectivity index (χ1) is 13.2. The Morgan fingerprint density at radius 3 is 2.75 bits per heavy atom. The summed E-state index contributed by atoms with van der Waals surface area (Å²) < 4.78 is 15.8. The number of likely N-dealkylation sites (tertiary alicyclic amines) is 1. The van der Waals surface area contributed by atoms with Crippen LogP contribution in [-0.2, 0) is 15.9 Å². The van der Waals surface area contributed by atoms with Crippen LogP contribution in [0, 0.1) is 0 Å². The molecule has 0 aromatic carbocycles. The van der Waals surface area contributed by atoms with Gasteiger partial charge in [0.25, 0.3) is 0 Å². The summed E-state index contributed by atoms with van der Waals surface area (Å²) in [7, 11) is 0. The van der Waals surface area contributed by atoms with Gasteiger partial charge in [0.15, 0.2) is 5.96 Å². The van der Waals surface area contributed by atoms with Crippen molar-refractivity contribution in [1.29, 1.82) is 0 Å². The summed E-state index contributed by atoms with van der Waals surface area (Å²) in [5.41, 5.74) is 0. The van der Waals surface area contributed by atoms with E-state index in [4.69, 9.17) is 13.9 Å². The molecule has 0 atom stereocenters. The highest BCUT2D eigenvalue weighted by molar-refractivity contribution is 14.0. The lowest BCUT2D eigenvalue weighted by Crippen LogP contribution is -2.50. The number of guanidine groups is 1. The smallest absolute Gasteiger partial charge is 0.409 e. The van der Waals surface area contributed by atoms with Crippen LogP contribution in [0.15, 0.2) is 27.8 Å². The molecule has 2 heterocycles. The van der Waals surface area contributed by atoms with E-state index in [1.807, 2.05) is 26.0 Å². The first-order valence-electron chi connectivity index (χ1n) is 9.79. The van der Waals surface area contributed by atoms with Crippen molar-refractivity contribution in [2.24, 2.45) is 4.99 Å². The van der Waals surface area contributed by atoms with Crippen molar-refractivity contribution in [3.05, 3.63) is 24.2 Å². The average Bonchev–Trinajstić information content (AvgIpc) is 3.19. The molecule has 0 spiro atoms. The molecule has 0 aliphatic carbocycles. The van der Waals surface area contributed by atoms with E-state index in [0.717, 1.165) is 37.5 Å². The zero-order valence-corrected chi connectivity index (χ0v) is 19.1. The first kappa shape index (κ1) is 24.5. The maximum atomic E-state index is 11.8. The molecular formula is C19H33IN4O4. The summed E-state index contributed by atoms with van der Waals surface area (Å²) in [6.45, 7) is 8.21. The van der Waals surface area contributed by atoms with Crippen molar-refractivity contribution in [3.8, 4) is 0 Å². The standard InChI is InChI=1S/C19H32N4O4.HI/c1-3-25-15-11-21-18(20-10-7-17-6-5-14-27-17)22-16-8-12-23(13-9-16)19(24)26-4-2;/h5-6,14,16H,3-4,7-13,15H2,1-2H3,(H2,20,21,22);1H. The fraction of sp³-hybridized carbons (Fsp3) is 0.684. The summed E-state index contributed by atoms with van der Waals surface area (Å²) in [5, 5.41) is 6.83. The number of rotatable bonds is 9. The average molecular weight is 508 g/mol. The minimum absolute atomic E-state index is 0. The number of aliphatic imine (C=N–C) groups is 1. The first-order valence-corrected chi connectivity index (χ1v) is 9.79. The van der Waals surface area contributed by atoms with Gasteiger partial charge in [-0.3, -0.25) is 4.99 Å². The van der Waals surface area contributed by atoms with Gasteiger partial charge in [-0.25, -0.2) is 4.79 Å². The third-order valence-electron chi connectivity index (χ3n) is 4.32. The topological polar surface area (TPSA) is 88.3 Å². The maximum absolute atomic E-state index is 11.8. The Labute approximate surface area is 184 Å². The molecule has 1 amide bonds. The maximum Gasteiger partial charge on any atom is 0.409 e. The Kier molecular flexibility index (Phi) is 12.7. The fourth-order valence-electron chi connectivity index (χ4n) is 2.89. The SMILES string of the molecule is CCOCCN=C(NCCc1ccco1)NC1CCN(C(=O)OCC)CC1.I. The number of furan rings is 1. The number of carbonyl (C=O) groups is 1. The number of nitrogens with one attached hydrogen (secondary N) is 2. The van der Waals surface area contributed by atoms with Crippen LogP contribution in [0.3, 0.4) is 0 Å². The van der Waals surface area contributed by atoms with Crippen LogP contribution in [0.4, 0.5) is 4.79 Å². The van der Waals surface area contributed by atoms with E-state index in [1.54, 1.807) is 11.2 Å². The van der Waals surface area contributed by atoms with Crippen LogP contribution < -0.4 is 10.6 Å². The monoisotopic (exact) mass is 508 g/mol. The van der Waals surface area contributed by atoms with E-state index in [2.05, 4.69) is 15.6 Å². The van der Waals surface area contributed by atoms with E-state index >= 15 is 0 Å². The quantitative estimate of drug-likeness (QED) is 0.231. The van der Waals surface area contributed by atoms with Gasteiger partial charge >= 0.3 is 6.09 Å². The lowest BCUT2D eigenvalue weighted by atomic mass is 10.1. The number of ether oxygens (including phenoxy) is 2. The summed E-state index contributed by atoms with van der Waals surface area (Å²) in [4.78, 5) is 18.2. The number of amides is 1. The van der Waals surface area contributed by atoms with Crippen LogP contribution in [0.2, 0.25) is 0 Å². The molecule has 1 aromatic heterocycles. The minimum atomic E-state index is -0.224. The lowest BCUT2D eigenvalue weighted by Gasteiger charge is -2.32. The van der Waals surface area contributed by atoms with E-state index in [0.29, 0.717) is 39.5 Å². The van der Waals surface area contributed by atoms with E-state index in [-0.39, 0.29) is 36.1 Å². The van der Waals surface area contributed by atoms with Crippen molar-refractivity contribution in [2.45, 2.75) is 39.2 Å². The predicted octanol–water partition coefficient (Wildman–Crippen LogP) is 2.63. The Morgan fingerprint density at radius 1 is 1.32 bits per heavy atom.